The molecule has 2 aromatic carbocycles. The molecule has 0 saturated carbocycles. The molecule has 0 aliphatic rings. The van der Waals surface area contributed by atoms with Crippen LogP contribution in [-0.2, 0) is 4.79 Å². The van der Waals surface area contributed by atoms with Crippen molar-refractivity contribution in [3.63, 3.8) is 0 Å². The maximum atomic E-state index is 11.6. The lowest BCUT2D eigenvalue weighted by molar-refractivity contribution is -0.141. The number of benzene rings is 2. The standard InChI is InChI=1S/C18H22O3Si/c1-22(2,3)15-11-9-13(10-12-15)16(18(20)21)17(19)14-7-5-4-6-8-14/h4-12,16-17,19H,1-3H3,(H,20,21)/t16-,17+/m0/s1. The van der Waals surface area contributed by atoms with Crippen LogP contribution in [0.2, 0.25) is 19.6 Å². The second kappa shape index (κ2) is 6.46. The summed E-state index contributed by atoms with van der Waals surface area (Å²) in [6.45, 7) is 6.74. The van der Waals surface area contributed by atoms with E-state index in [1.54, 1.807) is 24.3 Å². The molecular formula is C18H22O3Si. The molecule has 2 rings (SSSR count). The van der Waals surface area contributed by atoms with Crippen molar-refractivity contribution in [2.45, 2.75) is 31.7 Å². The van der Waals surface area contributed by atoms with E-state index in [9.17, 15) is 15.0 Å². The van der Waals surface area contributed by atoms with Gasteiger partial charge in [-0.2, -0.15) is 0 Å². The molecule has 0 unspecified atom stereocenters. The van der Waals surface area contributed by atoms with E-state index in [0.717, 1.165) is 0 Å². The van der Waals surface area contributed by atoms with Gasteiger partial charge >= 0.3 is 5.97 Å². The summed E-state index contributed by atoms with van der Waals surface area (Å²) in [4.78, 5) is 11.6. The van der Waals surface area contributed by atoms with Gasteiger partial charge in [0, 0.05) is 0 Å². The average Bonchev–Trinajstić information content (AvgIpc) is 2.47. The Balaban J connectivity index is 2.35. The zero-order valence-corrected chi connectivity index (χ0v) is 14.2. The summed E-state index contributed by atoms with van der Waals surface area (Å²) in [5.74, 6) is -1.98. The summed E-state index contributed by atoms with van der Waals surface area (Å²) < 4.78 is 0. The number of aliphatic hydroxyl groups is 1. The van der Waals surface area contributed by atoms with Crippen molar-refractivity contribution in [1.82, 2.24) is 0 Å². The number of aliphatic hydroxyl groups excluding tert-OH is 1. The van der Waals surface area contributed by atoms with E-state index in [2.05, 4.69) is 19.6 Å². The monoisotopic (exact) mass is 314 g/mol. The van der Waals surface area contributed by atoms with Gasteiger partial charge in [0.1, 0.15) is 5.92 Å². The quantitative estimate of drug-likeness (QED) is 0.834. The molecule has 0 aromatic heterocycles. The van der Waals surface area contributed by atoms with Crippen LogP contribution in [-0.4, -0.2) is 24.3 Å². The third kappa shape index (κ3) is 3.64. The molecule has 0 amide bonds. The van der Waals surface area contributed by atoms with E-state index in [0.29, 0.717) is 11.1 Å². The zero-order valence-electron chi connectivity index (χ0n) is 13.2. The predicted octanol–water partition coefficient (Wildman–Crippen LogP) is 3.13. The molecule has 0 bridgehead atoms. The first-order valence-corrected chi connectivity index (χ1v) is 10.9. The molecule has 2 aromatic rings. The predicted molar refractivity (Wildman–Crippen MR) is 91.2 cm³/mol. The molecule has 0 fully saturated rings. The van der Waals surface area contributed by atoms with Gasteiger partial charge in [-0.15, -0.1) is 0 Å². The fourth-order valence-electron chi connectivity index (χ4n) is 2.49. The topological polar surface area (TPSA) is 57.5 Å². The second-order valence-corrected chi connectivity index (χ2v) is 11.6. The molecule has 2 N–H and O–H groups in total. The minimum Gasteiger partial charge on any atom is -0.481 e. The Bertz CT molecular complexity index is 630. The van der Waals surface area contributed by atoms with Crippen LogP contribution in [0.25, 0.3) is 0 Å². The molecule has 3 nitrogen and oxygen atoms in total. The van der Waals surface area contributed by atoms with Crippen LogP contribution in [0.15, 0.2) is 54.6 Å². The summed E-state index contributed by atoms with van der Waals surface area (Å²) in [6.07, 6.45) is -1.06. The van der Waals surface area contributed by atoms with Gasteiger partial charge in [-0.25, -0.2) is 0 Å². The van der Waals surface area contributed by atoms with Crippen LogP contribution in [0.1, 0.15) is 23.1 Å². The Morgan fingerprint density at radius 2 is 1.45 bits per heavy atom. The Hall–Kier alpha value is -1.91. The lowest BCUT2D eigenvalue weighted by atomic mass is 9.89. The minimum atomic E-state index is -1.42. The molecule has 2 atom stereocenters. The van der Waals surface area contributed by atoms with Gasteiger partial charge in [-0.1, -0.05) is 79.4 Å². The first-order chi connectivity index (χ1) is 10.3. The second-order valence-electron chi connectivity index (χ2n) is 6.54. The first-order valence-electron chi connectivity index (χ1n) is 7.37. The zero-order chi connectivity index (χ0) is 16.3. The number of hydrogen-bond acceptors (Lipinski definition) is 2. The number of carbonyl (C=O) groups is 1. The Morgan fingerprint density at radius 1 is 0.909 bits per heavy atom. The third-order valence-electron chi connectivity index (χ3n) is 3.86. The molecule has 4 heteroatoms. The summed E-state index contributed by atoms with van der Waals surface area (Å²) in [7, 11) is -1.42. The molecule has 0 saturated heterocycles. The molecule has 116 valence electrons. The highest BCUT2D eigenvalue weighted by Gasteiger charge is 2.29. The normalized spacial score (nSPS) is 14.4. The van der Waals surface area contributed by atoms with E-state index in [1.165, 1.54) is 5.19 Å². The van der Waals surface area contributed by atoms with E-state index in [-0.39, 0.29) is 0 Å². The SMILES string of the molecule is C[Si](C)(C)c1ccc([C@H](C(=O)O)[C@H](O)c2ccccc2)cc1. The number of aliphatic carboxylic acids is 1. The van der Waals surface area contributed by atoms with Crippen LogP contribution in [0.5, 0.6) is 0 Å². The molecular weight excluding hydrogens is 292 g/mol. The summed E-state index contributed by atoms with van der Waals surface area (Å²) in [5.41, 5.74) is 1.25. The van der Waals surface area contributed by atoms with E-state index in [4.69, 9.17) is 0 Å². The average molecular weight is 314 g/mol. The first kappa shape index (κ1) is 16.5. The number of carboxylic acids is 1. The lowest BCUT2D eigenvalue weighted by Gasteiger charge is -2.22. The largest absolute Gasteiger partial charge is 0.481 e. The maximum absolute atomic E-state index is 11.6. The van der Waals surface area contributed by atoms with Gasteiger partial charge in [-0.05, 0) is 11.1 Å². The van der Waals surface area contributed by atoms with Crippen molar-refractivity contribution in [2.24, 2.45) is 0 Å². The number of hydrogen-bond donors (Lipinski definition) is 2. The molecule has 22 heavy (non-hydrogen) atoms. The van der Waals surface area contributed by atoms with Crippen LogP contribution in [0.4, 0.5) is 0 Å². The van der Waals surface area contributed by atoms with Crippen molar-refractivity contribution in [1.29, 1.82) is 0 Å². The van der Waals surface area contributed by atoms with Gasteiger partial charge in [0.2, 0.25) is 0 Å². The molecule has 0 heterocycles. The molecule has 0 spiro atoms. The Labute approximate surface area is 132 Å². The van der Waals surface area contributed by atoms with Crippen molar-refractivity contribution in [3.8, 4) is 0 Å². The Kier molecular flexibility index (Phi) is 4.83. The van der Waals surface area contributed by atoms with Crippen LogP contribution in [0, 0.1) is 0 Å². The molecule has 0 aliphatic carbocycles. The fourth-order valence-corrected chi connectivity index (χ4v) is 3.66. The molecule has 0 aliphatic heterocycles. The summed E-state index contributed by atoms with van der Waals surface area (Å²) >= 11 is 0. The third-order valence-corrected chi connectivity index (χ3v) is 5.92. The van der Waals surface area contributed by atoms with Crippen molar-refractivity contribution in [2.75, 3.05) is 0 Å². The minimum absolute atomic E-state index is 0.615. The van der Waals surface area contributed by atoms with Crippen molar-refractivity contribution < 1.29 is 15.0 Å². The van der Waals surface area contributed by atoms with E-state index in [1.807, 2.05) is 30.3 Å². The van der Waals surface area contributed by atoms with Crippen LogP contribution < -0.4 is 5.19 Å². The summed E-state index contributed by atoms with van der Waals surface area (Å²) in [6, 6.07) is 16.6. The highest BCUT2D eigenvalue weighted by atomic mass is 28.3. The number of rotatable bonds is 5. The highest BCUT2D eigenvalue weighted by molar-refractivity contribution is 6.88. The van der Waals surface area contributed by atoms with Crippen LogP contribution >= 0.6 is 0 Å². The summed E-state index contributed by atoms with van der Waals surface area (Å²) in [5, 5.41) is 21.3. The van der Waals surface area contributed by atoms with Gasteiger partial charge in [0.25, 0.3) is 0 Å². The molecule has 0 radical (unpaired) electrons. The fraction of sp³-hybridized carbons (Fsp3) is 0.278. The van der Waals surface area contributed by atoms with Gasteiger partial charge < -0.3 is 10.2 Å². The van der Waals surface area contributed by atoms with Crippen LogP contribution in [0.3, 0.4) is 0 Å². The van der Waals surface area contributed by atoms with Crippen molar-refractivity contribution in [3.05, 3.63) is 65.7 Å². The maximum Gasteiger partial charge on any atom is 0.314 e. The number of carboxylic acid groups (broad SMARTS) is 1. The lowest BCUT2D eigenvalue weighted by Crippen LogP contribution is -2.37. The van der Waals surface area contributed by atoms with Gasteiger partial charge in [0.15, 0.2) is 0 Å². The Morgan fingerprint density at radius 3 is 1.91 bits per heavy atom. The highest BCUT2D eigenvalue weighted by Crippen LogP contribution is 2.31. The van der Waals surface area contributed by atoms with Crippen molar-refractivity contribution >= 4 is 19.2 Å². The van der Waals surface area contributed by atoms with Gasteiger partial charge in [-0.3, -0.25) is 4.79 Å². The smallest absolute Gasteiger partial charge is 0.314 e. The van der Waals surface area contributed by atoms with E-state index >= 15 is 0 Å². The van der Waals surface area contributed by atoms with E-state index < -0.39 is 26.1 Å². The van der Waals surface area contributed by atoms with Gasteiger partial charge in [0.05, 0.1) is 14.2 Å².